The molecule has 6 rings (SSSR count). The quantitative estimate of drug-likeness (QED) is 0.276. The van der Waals surface area contributed by atoms with E-state index in [2.05, 4.69) is 17.3 Å². The number of nitro groups is 1. The molecule has 1 saturated heterocycles. The zero-order chi connectivity index (χ0) is 16.6. The van der Waals surface area contributed by atoms with Crippen LogP contribution in [0.3, 0.4) is 0 Å². The second-order valence-electron chi connectivity index (χ2n) is 6.82. The molecule has 0 aromatic carbocycles. The Bertz CT molecular complexity index is 808. The maximum atomic E-state index is 12.7. The number of imide groups is 1. The van der Waals surface area contributed by atoms with Crippen molar-refractivity contribution in [2.75, 3.05) is 0 Å². The fourth-order valence-electron chi connectivity index (χ4n) is 4.68. The Labute approximate surface area is 140 Å². The van der Waals surface area contributed by atoms with Gasteiger partial charge in [-0.05, 0) is 36.2 Å². The third-order valence-corrected chi connectivity index (χ3v) is 6.70. The van der Waals surface area contributed by atoms with Crippen molar-refractivity contribution in [3.05, 3.63) is 39.3 Å². The van der Waals surface area contributed by atoms with Gasteiger partial charge in [0.25, 0.3) is 11.8 Å². The van der Waals surface area contributed by atoms with Gasteiger partial charge in [-0.15, -0.1) is 0 Å². The van der Waals surface area contributed by atoms with E-state index in [4.69, 9.17) is 0 Å². The van der Waals surface area contributed by atoms with E-state index in [0.29, 0.717) is 16.7 Å². The van der Waals surface area contributed by atoms with Gasteiger partial charge in [0.15, 0.2) is 0 Å². The molecule has 2 bridgehead atoms. The molecule has 8 heteroatoms. The van der Waals surface area contributed by atoms with Crippen molar-refractivity contribution in [2.24, 2.45) is 40.6 Å². The van der Waals surface area contributed by atoms with E-state index in [0.717, 1.165) is 22.8 Å². The number of hydrogen-bond donors (Lipinski definition) is 0. The Morgan fingerprint density at radius 2 is 1.79 bits per heavy atom. The van der Waals surface area contributed by atoms with Crippen LogP contribution in [0.1, 0.15) is 11.3 Å². The number of carbonyl (C=O) groups excluding carboxylic acids is 2. The zero-order valence-electron chi connectivity index (χ0n) is 12.4. The molecular weight excluding hydrogens is 330 g/mol. The monoisotopic (exact) mass is 343 g/mol. The Kier molecular flexibility index (Phi) is 2.69. The predicted molar refractivity (Wildman–Crippen MR) is 85.1 cm³/mol. The first-order chi connectivity index (χ1) is 11.6. The highest BCUT2D eigenvalue weighted by atomic mass is 32.1. The summed E-state index contributed by atoms with van der Waals surface area (Å²) in [4.78, 5) is 36.2. The van der Waals surface area contributed by atoms with E-state index >= 15 is 0 Å². The lowest BCUT2D eigenvalue weighted by Gasteiger charge is -2.37. The highest BCUT2D eigenvalue weighted by molar-refractivity contribution is 7.16. The minimum atomic E-state index is -0.474. The molecule has 122 valence electrons. The normalized spacial score (nSPS) is 38.8. The van der Waals surface area contributed by atoms with Gasteiger partial charge in [0.05, 0.1) is 27.9 Å². The van der Waals surface area contributed by atoms with Crippen LogP contribution in [0.5, 0.6) is 0 Å². The summed E-state index contributed by atoms with van der Waals surface area (Å²) >= 11 is 0.963. The van der Waals surface area contributed by atoms with Gasteiger partial charge in [0.2, 0.25) is 0 Å². The first kappa shape index (κ1) is 14.0. The van der Waals surface area contributed by atoms with Crippen LogP contribution in [0.4, 0.5) is 5.00 Å². The van der Waals surface area contributed by atoms with Crippen LogP contribution in [0.2, 0.25) is 0 Å². The Morgan fingerprint density at radius 3 is 2.33 bits per heavy atom. The molecule has 0 radical (unpaired) electrons. The van der Waals surface area contributed by atoms with Crippen molar-refractivity contribution >= 4 is 34.4 Å². The lowest BCUT2D eigenvalue weighted by Crippen LogP contribution is -2.40. The van der Waals surface area contributed by atoms with Crippen molar-refractivity contribution in [1.82, 2.24) is 5.01 Å². The molecule has 6 atom stereocenters. The second kappa shape index (κ2) is 4.60. The third-order valence-electron chi connectivity index (χ3n) is 5.73. The van der Waals surface area contributed by atoms with Crippen LogP contribution in [0.15, 0.2) is 29.4 Å². The number of thiophene rings is 1. The molecule has 3 fully saturated rings. The summed E-state index contributed by atoms with van der Waals surface area (Å²) in [5.41, 5.74) is 0. The third kappa shape index (κ3) is 1.74. The van der Waals surface area contributed by atoms with E-state index < -0.39 is 4.92 Å². The second-order valence-corrected chi connectivity index (χ2v) is 7.91. The summed E-state index contributed by atoms with van der Waals surface area (Å²) in [5, 5.41) is 15.8. The number of amides is 2. The first-order valence-corrected chi connectivity index (χ1v) is 8.72. The van der Waals surface area contributed by atoms with Gasteiger partial charge >= 0.3 is 5.00 Å². The Balaban J connectivity index is 1.42. The molecule has 2 amide bonds. The summed E-state index contributed by atoms with van der Waals surface area (Å²) in [5.74, 6) is 0.462. The molecular formula is C16H13N3O4S. The number of hydrazone groups is 1. The topological polar surface area (TPSA) is 92.9 Å². The number of carbonyl (C=O) groups is 2. The SMILES string of the molecule is O=C1[C@H]2[C@@H]3C=C[C@@H]([C@H]4C[C@H]34)[C@@H]2C(=O)N1/N=C\c1ccc([N+](=O)[O-])s1. The minimum absolute atomic E-state index is 0.00604. The molecule has 1 aromatic rings. The zero-order valence-corrected chi connectivity index (χ0v) is 13.3. The van der Waals surface area contributed by atoms with Gasteiger partial charge in [-0.25, -0.2) is 0 Å². The van der Waals surface area contributed by atoms with Crippen molar-refractivity contribution in [3.63, 3.8) is 0 Å². The summed E-state index contributed by atoms with van der Waals surface area (Å²) in [6.45, 7) is 0. The largest absolute Gasteiger partial charge is 0.324 e. The van der Waals surface area contributed by atoms with E-state index in [1.54, 1.807) is 6.07 Å². The minimum Gasteiger partial charge on any atom is -0.272 e. The van der Waals surface area contributed by atoms with Gasteiger partial charge in [-0.1, -0.05) is 23.5 Å². The molecule has 0 spiro atoms. The van der Waals surface area contributed by atoms with E-state index in [1.807, 2.05) is 0 Å². The number of allylic oxidation sites excluding steroid dienone is 2. The number of rotatable bonds is 3. The Morgan fingerprint density at radius 1 is 1.17 bits per heavy atom. The summed E-state index contributed by atoms with van der Waals surface area (Å²) in [7, 11) is 0. The van der Waals surface area contributed by atoms with Crippen molar-refractivity contribution in [3.8, 4) is 0 Å². The van der Waals surface area contributed by atoms with E-state index in [1.165, 1.54) is 12.3 Å². The van der Waals surface area contributed by atoms with E-state index in [-0.39, 0.29) is 40.5 Å². The van der Waals surface area contributed by atoms with Gasteiger partial charge in [0.1, 0.15) is 0 Å². The van der Waals surface area contributed by atoms with E-state index in [9.17, 15) is 19.7 Å². The van der Waals surface area contributed by atoms with Crippen LogP contribution in [-0.2, 0) is 9.59 Å². The average molecular weight is 343 g/mol. The molecule has 7 nitrogen and oxygen atoms in total. The lowest BCUT2D eigenvalue weighted by molar-refractivity contribution is -0.380. The van der Waals surface area contributed by atoms with Gasteiger partial charge in [-0.3, -0.25) is 19.7 Å². The van der Waals surface area contributed by atoms with Gasteiger partial charge in [0, 0.05) is 6.07 Å². The molecule has 0 unspecified atom stereocenters. The fraction of sp³-hybridized carbons (Fsp3) is 0.438. The summed E-state index contributed by atoms with van der Waals surface area (Å²) in [6.07, 6.45) is 6.71. The maximum absolute atomic E-state index is 12.7. The Hall–Kier alpha value is -2.35. The number of hydrogen-bond acceptors (Lipinski definition) is 6. The summed E-state index contributed by atoms with van der Waals surface area (Å²) in [6, 6.07) is 2.95. The average Bonchev–Trinajstić information content (AvgIpc) is 3.20. The first-order valence-electron chi connectivity index (χ1n) is 7.90. The van der Waals surface area contributed by atoms with Crippen molar-refractivity contribution < 1.29 is 14.5 Å². The standard InChI is InChI=1S/C16H13N3O4S/c20-15-13-8-2-3-9(11-5-10(8)11)14(13)16(21)18(15)17-6-7-1-4-12(24-7)19(22)23/h1-4,6,8-11,13-14H,5H2/b17-6-/t8-,9+,10-,11-,13+,14+/m1/s1. The van der Waals surface area contributed by atoms with Crippen molar-refractivity contribution in [2.45, 2.75) is 6.42 Å². The van der Waals surface area contributed by atoms with Crippen LogP contribution >= 0.6 is 11.3 Å². The van der Waals surface area contributed by atoms with Crippen LogP contribution in [-0.4, -0.2) is 28.0 Å². The molecule has 2 saturated carbocycles. The van der Waals surface area contributed by atoms with Crippen LogP contribution in [0, 0.1) is 45.6 Å². The molecule has 24 heavy (non-hydrogen) atoms. The fourth-order valence-corrected chi connectivity index (χ4v) is 5.37. The van der Waals surface area contributed by atoms with Crippen LogP contribution < -0.4 is 0 Å². The maximum Gasteiger partial charge on any atom is 0.324 e. The molecule has 1 aromatic heterocycles. The van der Waals surface area contributed by atoms with Gasteiger partial charge in [-0.2, -0.15) is 10.1 Å². The molecule has 1 aliphatic heterocycles. The van der Waals surface area contributed by atoms with Crippen molar-refractivity contribution in [1.29, 1.82) is 0 Å². The molecule has 2 heterocycles. The molecule has 4 aliphatic carbocycles. The predicted octanol–water partition coefficient (Wildman–Crippen LogP) is 2.04. The highest BCUT2D eigenvalue weighted by Crippen LogP contribution is 2.65. The number of nitrogens with zero attached hydrogens (tertiary/aromatic N) is 3. The lowest BCUT2D eigenvalue weighted by atomic mass is 9.63. The molecule has 0 N–H and O–H groups in total. The highest BCUT2D eigenvalue weighted by Gasteiger charge is 2.67. The van der Waals surface area contributed by atoms with Crippen LogP contribution in [0.25, 0.3) is 0 Å². The summed E-state index contributed by atoms with van der Waals surface area (Å²) < 4.78 is 0. The smallest absolute Gasteiger partial charge is 0.272 e. The van der Waals surface area contributed by atoms with Gasteiger partial charge < -0.3 is 0 Å². The molecule has 5 aliphatic rings.